The summed E-state index contributed by atoms with van der Waals surface area (Å²) in [5, 5.41) is 0. The summed E-state index contributed by atoms with van der Waals surface area (Å²) in [5.74, 6) is 0. The number of sulfonamides is 1. The lowest BCUT2D eigenvalue weighted by Crippen LogP contribution is -2.30. The second-order valence-corrected chi connectivity index (χ2v) is 5.92. The number of hydrogen-bond donors (Lipinski definition) is 0. The monoisotopic (exact) mass is 241 g/mol. The van der Waals surface area contributed by atoms with E-state index in [1.165, 1.54) is 10.6 Å². The molecule has 16 heavy (non-hydrogen) atoms. The van der Waals surface area contributed by atoms with Crippen LogP contribution in [0.3, 0.4) is 0 Å². The summed E-state index contributed by atoms with van der Waals surface area (Å²) in [5.41, 5.74) is 1.03. The van der Waals surface area contributed by atoms with Gasteiger partial charge in [-0.15, -0.1) is 0 Å². The van der Waals surface area contributed by atoms with E-state index in [2.05, 4.69) is 6.92 Å². The van der Waals surface area contributed by atoms with Crippen LogP contribution in [0.25, 0.3) is 0 Å². The van der Waals surface area contributed by atoms with E-state index in [0.29, 0.717) is 13.1 Å². The molecule has 0 fully saturated rings. The highest BCUT2D eigenvalue weighted by molar-refractivity contribution is 7.88. The lowest BCUT2D eigenvalue weighted by Gasteiger charge is -2.19. The van der Waals surface area contributed by atoms with Crippen LogP contribution in [0.1, 0.15) is 25.3 Å². The van der Waals surface area contributed by atoms with Gasteiger partial charge >= 0.3 is 0 Å². The second kappa shape index (κ2) is 6.01. The molecule has 1 rings (SSSR count). The Labute approximate surface area is 98.1 Å². The molecule has 0 aliphatic carbocycles. The fourth-order valence-corrected chi connectivity index (χ4v) is 2.33. The first-order valence-corrected chi connectivity index (χ1v) is 7.38. The van der Waals surface area contributed by atoms with Crippen LogP contribution in [-0.2, 0) is 16.6 Å². The Hall–Kier alpha value is -0.870. The maximum Gasteiger partial charge on any atom is 0.211 e. The summed E-state index contributed by atoms with van der Waals surface area (Å²) >= 11 is 0. The van der Waals surface area contributed by atoms with Gasteiger partial charge in [-0.05, 0) is 12.0 Å². The summed E-state index contributed by atoms with van der Waals surface area (Å²) in [6.45, 7) is 3.13. The molecule has 0 unspecified atom stereocenters. The zero-order chi connectivity index (χ0) is 12.0. The van der Waals surface area contributed by atoms with Gasteiger partial charge in [-0.25, -0.2) is 8.42 Å². The van der Waals surface area contributed by atoms with Crippen molar-refractivity contribution in [1.29, 1.82) is 0 Å². The molecule has 1 aromatic carbocycles. The van der Waals surface area contributed by atoms with E-state index in [1.54, 1.807) is 0 Å². The Balaban J connectivity index is 2.72. The molecule has 1 aromatic rings. The van der Waals surface area contributed by atoms with Crippen LogP contribution in [0, 0.1) is 0 Å². The van der Waals surface area contributed by atoms with Crippen LogP contribution in [0.15, 0.2) is 30.3 Å². The molecule has 90 valence electrons. The Morgan fingerprint density at radius 1 is 1.19 bits per heavy atom. The van der Waals surface area contributed by atoms with Gasteiger partial charge in [-0.1, -0.05) is 43.7 Å². The summed E-state index contributed by atoms with van der Waals surface area (Å²) in [6, 6.07) is 9.68. The van der Waals surface area contributed by atoms with Crippen LogP contribution in [0.5, 0.6) is 0 Å². The molecule has 0 aliphatic rings. The summed E-state index contributed by atoms with van der Waals surface area (Å²) < 4.78 is 24.7. The highest BCUT2D eigenvalue weighted by atomic mass is 32.2. The largest absolute Gasteiger partial charge is 0.212 e. The minimum atomic E-state index is -3.10. The van der Waals surface area contributed by atoms with Crippen LogP contribution in [0.4, 0.5) is 0 Å². The highest BCUT2D eigenvalue weighted by Gasteiger charge is 2.15. The Morgan fingerprint density at radius 3 is 2.31 bits per heavy atom. The average molecular weight is 241 g/mol. The lowest BCUT2D eigenvalue weighted by molar-refractivity contribution is 0.401. The van der Waals surface area contributed by atoms with Gasteiger partial charge in [-0.2, -0.15) is 4.31 Å². The molecule has 0 saturated carbocycles. The van der Waals surface area contributed by atoms with Crippen molar-refractivity contribution in [2.75, 3.05) is 12.8 Å². The molecule has 0 heterocycles. The zero-order valence-corrected chi connectivity index (χ0v) is 10.7. The zero-order valence-electron chi connectivity index (χ0n) is 9.89. The van der Waals surface area contributed by atoms with Gasteiger partial charge in [0.15, 0.2) is 0 Å². The average Bonchev–Trinajstić information content (AvgIpc) is 2.24. The van der Waals surface area contributed by atoms with Gasteiger partial charge in [0.05, 0.1) is 6.26 Å². The summed E-state index contributed by atoms with van der Waals surface area (Å²) in [4.78, 5) is 0. The predicted octanol–water partition coefficient (Wildman–Crippen LogP) is 2.25. The Morgan fingerprint density at radius 2 is 1.81 bits per heavy atom. The molecule has 0 amide bonds. The molecular weight excluding hydrogens is 222 g/mol. The van der Waals surface area contributed by atoms with Gasteiger partial charge in [-0.3, -0.25) is 0 Å². The van der Waals surface area contributed by atoms with Crippen molar-refractivity contribution in [2.24, 2.45) is 0 Å². The van der Waals surface area contributed by atoms with E-state index in [4.69, 9.17) is 0 Å². The third kappa shape index (κ3) is 4.33. The van der Waals surface area contributed by atoms with Crippen LogP contribution < -0.4 is 0 Å². The number of unbranched alkanes of at least 4 members (excludes halogenated alkanes) is 1. The topological polar surface area (TPSA) is 37.4 Å². The van der Waals surface area contributed by atoms with Crippen LogP contribution in [0.2, 0.25) is 0 Å². The molecule has 0 atom stereocenters. The number of rotatable bonds is 6. The number of hydrogen-bond acceptors (Lipinski definition) is 2. The van der Waals surface area contributed by atoms with Crippen molar-refractivity contribution in [3.05, 3.63) is 35.9 Å². The maximum atomic E-state index is 11.6. The van der Waals surface area contributed by atoms with Gasteiger partial charge in [0, 0.05) is 13.1 Å². The molecule has 4 heteroatoms. The normalized spacial score (nSPS) is 11.9. The molecule has 0 radical (unpaired) electrons. The Kier molecular flexibility index (Phi) is 4.96. The van der Waals surface area contributed by atoms with E-state index in [9.17, 15) is 8.42 Å². The first-order valence-electron chi connectivity index (χ1n) is 5.53. The first-order chi connectivity index (χ1) is 7.54. The predicted molar refractivity (Wildman–Crippen MR) is 66.6 cm³/mol. The maximum absolute atomic E-state index is 11.6. The lowest BCUT2D eigenvalue weighted by atomic mass is 10.2. The smallest absolute Gasteiger partial charge is 0.211 e. The third-order valence-corrected chi connectivity index (χ3v) is 3.68. The van der Waals surface area contributed by atoms with Gasteiger partial charge in [0.1, 0.15) is 0 Å². The van der Waals surface area contributed by atoms with Gasteiger partial charge in [0.2, 0.25) is 10.0 Å². The minimum absolute atomic E-state index is 0.472. The van der Waals surface area contributed by atoms with E-state index < -0.39 is 10.0 Å². The number of nitrogens with zero attached hydrogens (tertiary/aromatic N) is 1. The molecule has 0 bridgehead atoms. The van der Waals surface area contributed by atoms with E-state index >= 15 is 0 Å². The van der Waals surface area contributed by atoms with Crippen molar-refractivity contribution in [3.63, 3.8) is 0 Å². The third-order valence-electron chi connectivity index (χ3n) is 2.43. The first kappa shape index (κ1) is 13.2. The fraction of sp³-hybridized carbons (Fsp3) is 0.500. The van der Waals surface area contributed by atoms with Gasteiger partial charge < -0.3 is 0 Å². The van der Waals surface area contributed by atoms with Crippen molar-refractivity contribution < 1.29 is 8.42 Å². The quantitative estimate of drug-likeness (QED) is 0.766. The van der Waals surface area contributed by atoms with Crippen molar-refractivity contribution >= 4 is 10.0 Å². The van der Waals surface area contributed by atoms with Crippen LogP contribution in [-0.4, -0.2) is 25.5 Å². The second-order valence-electron chi connectivity index (χ2n) is 3.94. The fourth-order valence-electron chi connectivity index (χ4n) is 1.48. The van der Waals surface area contributed by atoms with Crippen LogP contribution >= 0.6 is 0 Å². The highest BCUT2D eigenvalue weighted by Crippen LogP contribution is 2.09. The summed E-state index contributed by atoms with van der Waals surface area (Å²) in [6.07, 6.45) is 3.17. The van der Waals surface area contributed by atoms with Gasteiger partial charge in [0.25, 0.3) is 0 Å². The molecule has 0 spiro atoms. The molecule has 0 aliphatic heterocycles. The molecule has 0 N–H and O–H groups in total. The van der Waals surface area contributed by atoms with Crippen molar-refractivity contribution in [2.45, 2.75) is 26.3 Å². The Bertz CT molecular complexity index is 400. The molecular formula is C12H19NO2S. The van der Waals surface area contributed by atoms with Crippen molar-refractivity contribution in [1.82, 2.24) is 4.31 Å². The molecule has 0 aromatic heterocycles. The molecule has 0 saturated heterocycles. The van der Waals surface area contributed by atoms with Crippen molar-refractivity contribution in [3.8, 4) is 0 Å². The molecule has 3 nitrogen and oxygen atoms in total. The van der Waals surface area contributed by atoms with E-state index in [-0.39, 0.29) is 0 Å². The SMILES string of the molecule is CCCCN(Cc1ccccc1)S(C)(=O)=O. The van der Waals surface area contributed by atoms with E-state index in [0.717, 1.165) is 18.4 Å². The minimum Gasteiger partial charge on any atom is -0.212 e. The van der Waals surface area contributed by atoms with E-state index in [1.807, 2.05) is 30.3 Å². The number of benzene rings is 1. The standard InChI is InChI=1S/C12H19NO2S/c1-3-4-10-13(16(2,14)15)11-12-8-6-5-7-9-12/h5-9H,3-4,10-11H2,1-2H3. The summed E-state index contributed by atoms with van der Waals surface area (Å²) in [7, 11) is -3.10.